The quantitative estimate of drug-likeness (QED) is 0.731. The Morgan fingerprint density at radius 2 is 1.71 bits per heavy atom. The van der Waals surface area contributed by atoms with Gasteiger partial charge in [-0.2, -0.15) is 0 Å². The first-order valence-electron chi connectivity index (χ1n) is 6.28. The van der Waals surface area contributed by atoms with Gasteiger partial charge < -0.3 is 5.32 Å². The van der Waals surface area contributed by atoms with Gasteiger partial charge in [0.1, 0.15) is 0 Å². The standard InChI is InChI=1S/C13H27N/c1-9(2)12(5)14-13-8-6-7-10(3)11(13)4/h9-14H,6-8H2,1-5H3. The second-order valence-corrected chi connectivity index (χ2v) is 5.57. The van der Waals surface area contributed by atoms with Crippen LogP contribution < -0.4 is 5.32 Å². The maximum absolute atomic E-state index is 3.80. The van der Waals surface area contributed by atoms with Crippen LogP contribution in [0.1, 0.15) is 53.9 Å². The Hall–Kier alpha value is -0.0400. The first kappa shape index (κ1) is 12.0. The maximum atomic E-state index is 3.80. The number of rotatable bonds is 3. The molecule has 1 heteroatoms. The molecule has 0 spiro atoms. The zero-order valence-corrected chi connectivity index (χ0v) is 10.5. The lowest BCUT2D eigenvalue weighted by molar-refractivity contribution is 0.186. The van der Waals surface area contributed by atoms with Crippen molar-refractivity contribution in [1.29, 1.82) is 0 Å². The van der Waals surface area contributed by atoms with Gasteiger partial charge in [-0.1, -0.05) is 40.5 Å². The second kappa shape index (κ2) is 5.16. The summed E-state index contributed by atoms with van der Waals surface area (Å²) in [6.45, 7) is 11.7. The molecule has 1 aliphatic rings. The minimum atomic E-state index is 0.660. The summed E-state index contributed by atoms with van der Waals surface area (Å²) in [5.74, 6) is 2.50. The fraction of sp³-hybridized carbons (Fsp3) is 1.00. The molecule has 1 rings (SSSR count). The predicted molar refractivity (Wildman–Crippen MR) is 63.4 cm³/mol. The van der Waals surface area contributed by atoms with Crippen molar-refractivity contribution in [1.82, 2.24) is 5.32 Å². The molecule has 14 heavy (non-hydrogen) atoms. The molecule has 1 nitrogen and oxygen atoms in total. The second-order valence-electron chi connectivity index (χ2n) is 5.57. The fourth-order valence-corrected chi connectivity index (χ4v) is 2.35. The van der Waals surface area contributed by atoms with Crippen molar-refractivity contribution in [3.8, 4) is 0 Å². The van der Waals surface area contributed by atoms with E-state index in [9.17, 15) is 0 Å². The Balaban J connectivity index is 2.43. The van der Waals surface area contributed by atoms with E-state index < -0.39 is 0 Å². The molecule has 0 aromatic carbocycles. The van der Waals surface area contributed by atoms with Gasteiger partial charge in [-0.15, -0.1) is 0 Å². The highest BCUT2D eigenvalue weighted by molar-refractivity contribution is 4.84. The molecule has 1 fully saturated rings. The van der Waals surface area contributed by atoms with Crippen molar-refractivity contribution >= 4 is 0 Å². The van der Waals surface area contributed by atoms with Gasteiger partial charge in [0.15, 0.2) is 0 Å². The summed E-state index contributed by atoms with van der Waals surface area (Å²) in [5.41, 5.74) is 0. The van der Waals surface area contributed by atoms with Gasteiger partial charge in [-0.05, 0) is 31.1 Å². The molecule has 0 saturated heterocycles. The van der Waals surface area contributed by atoms with Crippen LogP contribution in [0.3, 0.4) is 0 Å². The predicted octanol–water partition coefficient (Wildman–Crippen LogP) is 3.45. The summed E-state index contributed by atoms with van der Waals surface area (Å²) in [4.78, 5) is 0. The average molecular weight is 197 g/mol. The van der Waals surface area contributed by atoms with E-state index in [1.807, 2.05) is 0 Å². The summed E-state index contributed by atoms with van der Waals surface area (Å²) in [5, 5.41) is 3.80. The van der Waals surface area contributed by atoms with E-state index >= 15 is 0 Å². The molecule has 0 aromatic rings. The molecule has 0 radical (unpaired) electrons. The molecule has 0 amide bonds. The number of nitrogens with one attached hydrogen (secondary N) is 1. The van der Waals surface area contributed by atoms with E-state index in [0.717, 1.165) is 23.8 Å². The van der Waals surface area contributed by atoms with Gasteiger partial charge >= 0.3 is 0 Å². The van der Waals surface area contributed by atoms with Crippen LogP contribution in [-0.4, -0.2) is 12.1 Å². The van der Waals surface area contributed by atoms with E-state index in [1.165, 1.54) is 19.3 Å². The Kier molecular flexibility index (Phi) is 4.43. The van der Waals surface area contributed by atoms with E-state index in [4.69, 9.17) is 0 Å². The summed E-state index contributed by atoms with van der Waals surface area (Å²) in [6, 6.07) is 1.42. The summed E-state index contributed by atoms with van der Waals surface area (Å²) in [6.07, 6.45) is 4.21. The highest BCUT2D eigenvalue weighted by Crippen LogP contribution is 2.29. The monoisotopic (exact) mass is 197 g/mol. The van der Waals surface area contributed by atoms with Crippen LogP contribution in [-0.2, 0) is 0 Å². The highest BCUT2D eigenvalue weighted by Gasteiger charge is 2.27. The van der Waals surface area contributed by atoms with E-state index in [2.05, 4.69) is 39.9 Å². The summed E-state index contributed by atoms with van der Waals surface area (Å²) < 4.78 is 0. The van der Waals surface area contributed by atoms with E-state index in [1.54, 1.807) is 0 Å². The summed E-state index contributed by atoms with van der Waals surface area (Å²) >= 11 is 0. The first-order chi connectivity index (χ1) is 6.52. The molecule has 0 heterocycles. The molecule has 0 bridgehead atoms. The van der Waals surface area contributed by atoms with E-state index in [-0.39, 0.29) is 0 Å². The van der Waals surface area contributed by atoms with E-state index in [0.29, 0.717) is 6.04 Å². The molecule has 4 atom stereocenters. The normalized spacial score (nSPS) is 36.0. The Bertz CT molecular complexity index is 165. The smallest absolute Gasteiger partial charge is 0.00978 e. The van der Waals surface area contributed by atoms with Gasteiger partial charge in [0.25, 0.3) is 0 Å². The van der Waals surface area contributed by atoms with Gasteiger partial charge in [-0.3, -0.25) is 0 Å². The fourth-order valence-electron chi connectivity index (χ4n) is 2.35. The molecular weight excluding hydrogens is 170 g/mol. The van der Waals surface area contributed by atoms with Crippen LogP contribution in [0.5, 0.6) is 0 Å². The molecule has 4 unspecified atom stereocenters. The number of hydrogen-bond acceptors (Lipinski definition) is 1. The van der Waals surface area contributed by atoms with Crippen molar-refractivity contribution in [2.24, 2.45) is 17.8 Å². The van der Waals surface area contributed by atoms with Gasteiger partial charge in [0.05, 0.1) is 0 Å². The minimum Gasteiger partial charge on any atom is -0.311 e. The molecule has 0 aromatic heterocycles. The topological polar surface area (TPSA) is 12.0 Å². The third-order valence-corrected chi connectivity index (χ3v) is 4.18. The van der Waals surface area contributed by atoms with Crippen LogP contribution in [0.25, 0.3) is 0 Å². The van der Waals surface area contributed by atoms with Crippen LogP contribution >= 0.6 is 0 Å². The SMILES string of the molecule is CC(C)C(C)NC1CCCC(C)C1C. The van der Waals surface area contributed by atoms with Gasteiger partial charge in [-0.25, -0.2) is 0 Å². The molecule has 84 valence electrons. The van der Waals surface area contributed by atoms with Crippen LogP contribution in [0.2, 0.25) is 0 Å². The van der Waals surface area contributed by atoms with Crippen molar-refractivity contribution in [2.75, 3.05) is 0 Å². The van der Waals surface area contributed by atoms with Gasteiger partial charge in [0.2, 0.25) is 0 Å². The zero-order chi connectivity index (χ0) is 10.7. The first-order valence-corrected chi connectivity index (χ1v) is 6.28. The van der Waals surface area contributed by atoms with Crippen molar-refractivity contribution in [3.63, 3.8) is 0 Å². The minimum absolute atomic E-state index is 0.660. The molecule has 1 saturated carbocycles. The number of hydrogen-bond donors (Lipinski definition) is 1. The third-order valence-electron chi connectivity index (χ3n) is 4.18. The maximum Gasteiger partial charge on any atom is 0.00978 e. The Morgan fingerprint density at radius 1 is 1.07 bits per heavy atom. The van der Waals surface area contributed by atoms with Crippen molar-refractivity contribution in [3.05, 3.63) is 0 Å². The molecular formula is C13H27N. The van der Waals surface area contributed by atoms with Crippen molar-refractivity contribution < 1.29 is 0 Å². The van der Waals surface area contributed by atoms with Crippen LogP contribution in [0, 0.1) is 17.8 Å². The lowest BCUT2D eigenvalue weighted by Gasteiger charge is -2.37. The molecule has 0 aliphatic heterocycles. The highest BCUT2D eigenvalue weighted by atomic mass is 15.0. The van der Waals surface area contributed by atoms with Crippen LogP contribution in [0.15, 0.2) is 0 Å². The Labute approximate surface area is 89.7 Å². The zero-order valence-electron chi connectivity index (χ0n) is 10.5. The lowest BCUT2D eigenvalue weighted by atomic mass is 9.77. The Morgan fingerprint density at radius 3 is 2.29 bits per heavy atom. The average Bonchev–Trinajstić information content (AvgIpc) is 2.12. The largest absolute Gasteiger partial charge is 0.311 e. The van der Waals surface area contributed by atoms with Crippen molar-refractivity contribution in [2.45, 2.75) is 66.0 Å². The van der Waals surface area contributed by atoms with Crippen LogP contribution in [0.4, 0.5) is 0 Å². The van der Waals surface area contributed by atoms with Gasteiger partial charge in [0, 0.05) is 12.1 Å². The molecule has 1 aliphatic carbocycles. The summed E-state index contributed by atoms with van der Waals surface area (Å²) in [7, 11) is 0. The lowest BCUT2D eigenvalue weighted by Crippen LogP contribution is -2.46. The third kappa shape index (κ3) is 2.98. The molecule has 1 N–H and O–H groups in total.